The molecule has 0 aliphatic heterocycles. The number of carbonyl (C=O) groups excluding carboxylic acids is 1. The van der Waals surface area contributed by atoms with Crippen LogP contribution >= 0.6 is 0 Å². The molecule has 1 N–H and O–H groups in total. The van der Waals surface area contributed by atoms with Crippen molar-refractivity contribution in [2.75, 3.05) is 18.0 Å². The van der Waals surface area contributed by atoms with E-state index in [0.29, 0.717) is 13.1 Å². The Kier molecular flexibility index (Phi) is 5.32. The number of nitrogens with one attached hydrogen (secondary N) is 1. The van der Waals surface area contributed by atoms with Crippen LogP contribution in [0.25, 0.3) is 0 Å². The Hall–Kier alpha value is -2.36. The van der Waals surface area contributed by atoms with E-state index in [9.17, 15) is 4.79 Å². The first-order valence-corrected chi connectivity index (χ1v) is 7.16. The van der Waals surface area contributed by atoms with E-state index in [-0.39, 0.29) is 5.91 Å². The van der Waals surface area contributed by atoms with Gasteiger partial charge in [0.2, 0.25) is 5.91 Å². The third kappa shape index (κ3) is 4.60. The highest BCUT2D eigenvalue weighted by Gasteiger charge is 2.09. The summed E-state index contributed by atoms with van der Waals surface area (Å²) in [6, 6.07) is 12.0. The lowest BCUT2D eigenvalue weighted by Gasteiger charge is -2.22. The van der Waals surface area contributed by atoms with Crippen molar-refractivity contribution in [2.24, 2.45) is 0 Å². The van der Waals surface area contributed by atoms with Gasteiger partial charge in [-0.25, -0.2) is 0 Å². The van der Waals surface area contributed by atoms with Crippen LogP contribution in [0, 0.1) is 6.92 Å². The maximum absolute atomic E-state index is 12.1. The fourth-order valence-electron chi connectivity index (χ4n) is 2.14. The van der Waals surface area contributed by atoms with E-state index >= 15 is 0 Å². The number of hydrogen-bond donors (Lipinski definition) is 1. The van der Waals surface area contributed by atoms with Gasteiger partial charge in [0.25, 0.3) is 0 Å². The molecule has 0 spiro atoms. The number of hydrogen-bond acceptors (Lipinski definition) is 3. The van der Waals surface area contributed by atoms with Crippen LogP contribution < -0.4 is 10.2 Å². The monoisotopic (exact) mass is 283 g/mol. The molecule has 4 nitrogen and oxygen atoms in total. The van der Waals surface area contributed by atoms with Crippen LogP contribution in [0.1, 0.15) is 18.1 Å². The number of pyridine rings is 1. The minimum absolute atomic E-state index is 0.0159. The van der Waals surface area contributed by atoms with Gasteiger partial charge in [0, 0.05) is 31.2 Å². The molecule has 2 rings (SSSR count). The van der Waals surface area contributed by atoms with Crippen molar-refractivity contribution >= 4 is 11.6 Å². The molecule has 1 aromatic heterocycles. The predicted octanol–water partition coefficient (Wildman–Crippen LogP) is 2.53. The number of carbonyl (C=O) groups is 1. The zero-order valence-corrected chi connectivity index (χ0v) is 12.5. The van der Waals surface area contributed by atoms with Crippen molar-refractivity contribution in [3.05, 3.63) is 59.9 Å². The van der Waals surface area contributed by atoms with Crippen molar-refractivity contribution in [2.45, 2.75) is 20.4 Å². The Morgan fingerprint density at radius 3 is 2.81 bits per heavy atom. The third-order valence-electron chi connectivity index (χ3n) is 3.30. The van der Waals surface area contributed by atoms with Crippen molar-refractivity contribution in [1.82, 2.24) is 10.3 Å². The number of likely N-dealkylation sites (N-methyl/N-ethyl adjacent to an activating group) is 1. The van der Waals surface area contributed by atoms with Crippen molar-refractivity contribution in [3.63, 3.8) is 0 Å². The smallest absolute Gasteiger partial charge is 0.239 e. The summed E-state index contributed by atoms with van der Waals surface area (Å²) in [5, 5.41) is 2.93. The predicted molar refractivity (Wildman–Crippen MR) is 85.1 cm³/mol. The Balaban J connectivity index is 1.91. The average Bonchev–Trinajstić information content (AvgIpc) is 2.51. The number of aryl methyl sites for hydroxylation is 1. The molecule has 0 aliphatic rings. The summed E-state index contributed by atoms with van der Waals surface area (Å²) < 4.78 is 0. The van der Waals surface area contributed by atoms with Crippen LogP contribution in [0.15, 0.2) is 48.8 Å². The van der Waals surface area contributed by atoms with Crippen LogP contribution in [0.5, 0.6) is 0 Å². The average molecular weight is 283 g/mol. The van der Waals surface area contributed by atoms with Crippen LogP contribution in [-0.4, -0.2) is 24.0 Å². The highest BCUT2D eigenvalue weighted by molar-refractivity contribution is 5.81. The van der Waals surface area contributed by atoms with Gasteiger partial charge in [-0.3, -0.25) is 9.78 Å². The van der Waals surface area contributed by atoms with Gasteiger partial charge in [-0.05, 0) is 43.2 Å². The molecule has 1 heterocycles. The molecule has 1 amide bonds. The van der Waals surface area contributed by atoms with E-state index < -0.39 is 0 Å². The minimum Gasteiger partial charge on any atom is -0.362 e. The highest BCUT2D eigenvalue weighted by Crippen LogP contribution is 2.15. The largest absolute Gasteiger partial charge is 0.362 e. The molecule has 2 aromatic rings. The van der Waals surface area contributed by atoms with E-state index in [4.69, 9.17) is 0 Å². The fourth-order valence-corrected chi connectivity index (χ4v) is 2.14. The van der Waals surface area contributed by atoms with Gasteiger partial charge in [0.05, 0.1) is 6.54 Å². The second kappa shape index (κ2) is 7.43. The standard InChI is InChI=1S/C17H21N3O/c1-3-20(16-8-4-6-14(2)10-16)13-17(21)19-12-15-7-5-9-18-11-15/h4-11H,3,12-13H2,1-2H3,(H,19,21). The third-order valence-corrected chi connectivity index (χ3v) is 3.30. The summed E-state index contributed by atoms with van der Waals surface area (Å²) in [6.45, 7) is 5.78. The minimum atomic E-state index is 0.0159. The first-order chi connectivity index (χ1) is 10.2. The van der Waals surface area contributed by atoms with E-state index in [1.807, 2.05) is 24.3 Å². The molecule has 0 unspecified atom stereocenters. The van der Waals surface area contributed by atoms with E-state index in [0.717, 1.165) is 17.8 Å². The molecular formula is C17H21N3O. The maximum Gasteiger partial charge on any atom is 0.239 e. The maximum atomic E-state index is 12.1. The lowest BCUT2D eigenvalue weighted by molar-refractivity contribution is -0.119. The number of benzene rings is 1. The number of rotatable bonds is 6. The summed E-state index contributed by atoms with van der Waals surface area (Å²) in [7, 11) is 0. The molecule has 1 aromatic carbocycles. The molecule has 0 aliphatic carbocycles. The molecule has 0 saturated carbocycles. The second-order valence-corrected chi connectivity index (χ2v) is 4.99. The quantitative estimate of drug-likeness (QED) is 0.886. The van der Waals surface area contributed by atoms with Gasteiger partial charge in [0.1, 0.15) is 0 Å². The zero-order valence-electron chi connectivity index (χ0n) is 12.5. The summed E-state index contributed by atoms with van der Waals surface area (Å²) in [6.07, 6.45) is 3.49. The van der Waals surface area contributed by atoms with Crippen LogP contribution in [0.4, 0.5) is 5.69 Å². The summed E-state index contributed by atoms with van der Waals surface area (Å²) in [5.74, 6) is 0.0159. The van der Waals surface area contributed by atoms with Crippen LogP contribution in [0.3, 0.4) is 0 Å². The van der Waals surface area contributed by atoms with Crippen LogP contribution in [-0.2, 0) is 11.3 Å². The summed E-state index contributed by atoms with van der Waals surface area (Å²) in [5.41, 5.74) is 3.28. The van der Waals surface area contributed by atoms with Crippen molar-refractivity contribution in [1.29, 1.82) is 0 Å². The van der Waals surface area contributed by atoms with E-state index in [1.54, 1.807) is 12.4 Å². The molecule has 0 saturated heterocycles. The molecule has 4 heteroatoms. The van der Waals surface area contributed by atoms with Gasteiger partial charge < -0.3 is 10.2 Å². The number of amides is 1. The molecular weight excluding hydrogens is 262 g/mol. The molecule has 0 atom stereocenters. The Morgan fingerprint density at radius 2 is 2.14 bits per heavy atom. The van der Waals surface area contributed by atoms with Gasteiger partial charge in [-0.15, -0.1) is 0 Å². The molecule has 110 valence electrons. The van der Waals surface area contributed by atoms with Crippen molar-refractivity contribution < 1.29 is 4.79 Å². The van der Waals surface area contributed by atoms with Gasteiger partial charge in [0.15, 0.2) is 0 Å². The molecule has 21 heavy (non-hydrogen) atoms. The Bertz CT molecular complexity index is 584. The lowest BCUT2D eigenvalue weighted by Crippen LogP contribution is -2.37. The van der Waals surface area contributed by atoms with E-state index in [2.05, 4.69) is 41.2 Å². The molecule has 0 radical (unpaired) electrons. The van der Waals surface area contributed by atoms with Gasteiger partial charge in [-0.2, -0.15) is 0 Å². The zero-order chi connectivity index (χ0) is 15.1. The summed E-state index contributed by atoms with van der Waals surface area (Å²) >= 11 is 0. The first-order valence-electron chi connectivity index (χ1n) is 7.16. The topological polar surface area (TPSA) is 45.2 Å². The lowest BCUT2D eigenvalue weighted by atomic mass is 10.2. The number of aromatic nitrogens is 1. The first kappa shape index (κ1) is 15.0. The highest BCUT2D eigenvalue weighted by atomic mass is 16.2. The Morgan fingerprint density at radius 1 is 1.29 bits per heavy atom. The number of nitrogens with zero attached hydrogens (tertiary/aromatic N) is 2. The van der Waals surface area contributed by atoms with Gasteiger partial charge >= 0.3 is 0 Å². The van der Waals surface area contributed by atoms with Gasteiger partial charge in [-0.1, -0.05) is 18.2 Å². The second-order valence-electron chi connectivity index (χ2n) is 4.99. The van der Waals surface area contributed by atoms with Crippen molar-refractivity contribution in [3.8, 4) is 0 Å². The normalized spacial score (nSPS) is 10.2. The molecule has 0 bridgehead atoms. The summed E-state index contributed by atoms with van der Waals surface area (Å²) in [4.78, 5) is 18.2. The van der Waals surface area contributed by atoms with E-state index in [1.165, 1.54) is 5.56 Å². The molecule has 0 fully saturated rings. The SMILES string of the molecule is CCN(CC(=O)NCc1cccnc1)c1cccc(C)c1. The fraction of sp³-hybridized carbons (Fsp3) is 0.294. The Labute approximate surface area is 125 Å². The van der Waals surface area contributed by atoms with Crippen LogP contribution in [0.2, 0.25) is 0 Å². The number of anilines is 1.